The molecule has 0 bridgehead atoms. The highest BCUT2D eigenvalue weighted by atomic mass is 32.2. The second-order valence-corrected chi connectivity index (χ2v) is 3.38. The van der Waals surface area contributed by atoms with Gasteiger partial charge in [0.2, 0.25) is 0 Å². The van der Waals surface area contributed by atoms with Crippen LogP contribution in [0.25, 0.3) is 0 Å². The minimum Gasteiger partial charge on any atom is -0.508 e. The predicted molar refractivity (Wildman–Crippen MR) is 43.5 cm³/mol. The van der Waals surface area contributed by atoms with E-state index in [4.69, 9.17) is 10.2 Å². The summed E-state index contributed by atoms with van der Waals surface area (Å²) in [5.74, 6) is -1.08. The summed E-state index contributed by atoms with van der Waals surface area (Å²) in [7, 11) is -4.19. The van der Waals surface area contributed by atoms with Crippen LogP contribution in [-0.2, 0) is 10.3 Å². The van der Waals surface area contributed by atoms with Crippen LogP contribution in [0.3, 0.4) is 0 Å². The number of phenols is 2. The number of hydrogen-bond acceptors (Lipinski definition) is 5. The zero-order valence-corrected chi connectivity index (χ0v) is 7.15. The highest BCUT2D eigenvalue weighted by molar-refractivity contribution is 7.84. The number of rotatable bonds is 2. The van der Waals surface area contributed by atoms with Gasteiger partial charge < -0.3 is 14.4 Å². The first-order chi connectivity index (χ1) is 5.88. The molecule has 0 heterocycles. The summed E-state index contributed by atoms with van der Waals surface area (Å²) in [6.07, 6.45) is 0. The lowest BCUT2D eigenvalue weighted by Crippen LogP contribution is -2.18. The Balaban J connectivity index is 3.08. The SMILES string of the molecule is NS(=O)(=O)Oc1cc(O)ccc1O. The van der Waals surface area contributed by atoms with Gasteiger partial charge in [-0.15, -0.1) is 0 Å². The maximum absolute atomic E-state index is 10.4. The molecule has 0 saturated carbocycles. The average molecular weight is 205 g/mol. The van der Waals surface area contributed by atoms with Crippen molar-refractivity contribution in [3.05, 3.63) is 18.2 Å². The molecule has 1 rings (SSSR count). The lowest BCUT2D eigenvalue weighted by Gasteiger charge is -2.04. The van der Waals surface area contributed by atoms with Gasteiger partial charge in [0.15, 0.2) is 11.5 Å². The number of hydrogen-bond donors (Lipinski definition) is 3. The van der Waals surface area contributed by atoms with Crippen molar-refractivity contribution in [1.29, 1.82) is 0 Å². The van der Waals surface area contributed by atoms with Gasteiger partial charge in [0, 0.05) is 6.07 Å². The van der Waals surface area contributed by atoms with Crippen molar-refractivity contribution in [3.8, 4) is 17.2 Å². The van der Waals surface area contributed by atoms with Crippen molar-refractivity contribution in [3.63, 3.8) is 0 Å². The molecule has 0 aromatic heterocycles. The lowest BCUT2D eigenvalue weighted by atomic mass is 10.3. The van der Waals surface area contributed by atoms with Crippen LogP contribution in [0.4, 0.5) is 0 Å². The van der Waals surface area contributed by atoms with Crippen LogP contribution >= 0.6 is 0 Å². The van der Waals surface area contributed by atoms with Crippen molar-refractivity contribution in [2.45, 2.75) is 0 Å². The first-order valence-electron chi connectivity index (χ1n) is 3.13. The van der Waals surface area contributed by atoms with E-state index in [1.807, 2.05) is 0 Å². The molecule has 4 N–H and O–H groups in total. The first kappa shape index (κ1) is 9.62. The third-order valence-electron chi connectivity index (χ3n) is 1.15. The van der Waals surface area contributed by atoms with E-state index in [-0.39, 0.29) is 5.75 Å². The number of benzene rings is 1. The topological polar surface area (TPSA) is 110 Å². The highest BCUT2D eigenvalue weighted by Gasteiger charge is 2.10. The van der Waals surface area contributed by atoms with Gasteiger partial charge in [0.25, 0.3) is 0 Å². The Hall–Kier alpha value is -1.47. The fourth-order valence-electron chi connectivity index (χ4n) is 0.695. The number of nitrogens with two attached hydrogens (primary N) is 1. The monoisotopic (exact) mass is 205 g/mol. The van der Waals surface area contributed by atoms with E-state index in [0.717, 1.165) is 12.1 Å². The lowest BCUT2D eigenvalue weighted by molar-refractivity contribution is 0.421. The molecule has 0 spiro atoms. The van der Waals surface area contributed by atoms with Gasteiger partial charge in [-0.25, -0.2) is 0 Å². The molecular weight excluding hydrogens is 198 g/mol. The molecule has 0 unspecified atom stereocenters. The van der Waals surface area contributed by atoms with Crippen LogP contribution in [0.15, 0.2) is 18.2 Å². The van der Waals surface area contributed by atoms with Crippen molar-refractivity contribution < 1.29 is 22.8 Å². The smallest absolute Gasteiger partial charge is 0.380 e. The maximum atomic E-state index is 10.4. The zero-order chi connectivity index (χ0) is 10.1. The van der Waals surface area contributed by atoms with Crippen LogP contribution in [-0.4, -0.2) is 18.6 Å². The molecule has 0 atom stereocenters. The molecule has 0 amide bonds. The standard InChI is InChI=1S/C6H7NO5S/c7-13(10,11)12-6-3-4(8)1-2-5(6)9/h1-3,8-9H,(H2,7,10,11). The second kappa shape index (κ2) is 3.11. The molecule has 0 radical (unpaired) electrons. The minimum absolute atomic E-state index is 0.239. The van der Waals surface area contributed by atoms with E-state index in [0.29, 0.717) is 0 Å². The molecule has 1 aromatic carbocycles. The molecule has 6 nitrogen and oxygen atoms in total. The molecule has 0 aliphatic carbocycles. The van der Waals surface area contributed by atoms with Crippen LogP contribution in [0, 0.1) is 0 Å². The Labute approximate surface area is 74.4 Å². The molecule has 13 heavy (non-hydrogen) atoms. The zero-order valence-electron chi connectivity index (χ0n) is 6.34. The molecular formula is C6H7NO5S. The maximum Gasteiger partial charge on any atom is 0.380 e. The van der Waals surface area contributed by atoms with Crippen LogP contribution in [0.1, 0.15) is 0 Å². The summed E-state index contributed by atoms with van der Waals surface area (Å²) >= 11 is 0. The third-order valence-corrected chi connectivity index (χ3v) is 1.56. The van der Waals surface area contributed by atoms with E-state index >= 15 is 0 Å². The summed E-state index contributed by atoms with van der Waals surface area (Å²) < 4.78 is 25.0. The van der Waals surface area contributed by atoms with Gasteiger partial charge in [0.05, 0.1) is 0 Å². The largest absolute Gasteiger partial charge is 0.508 e. The Morgan fingerprint density at radius 3 is 2.46 bits per heavy atom. The number of phenolic OH excluding ortho intramolecular Hbond substituents is 2. The summed E-state index contributed by atoms with van der Waals surface area (Å²) in [4.78, 5) is 0. The van der Waals surface area contributed by atoms with Gasteiger partial charge >= 0.3 is 10.3 Å². The van der Waals surface area contributed by atoms with Gasteiger partial charge in [-0.1, -0.05) is 0 Å². The number of aromatic hydroxyl groups is 2. The first-order valence-corrected chi connectivity index (χ1v) is 4.60. The molecule has 72 valence electrons. The Morgan fingerprint density at radius 1 is 1.31 bits per heavy atom. The van der Waals surface area contributed by atoms with E-state index in [1.165, 1.54) is 6.07 Å². The normalized spacial score (nSPS) is 11.2. The molecule has 0 saturated heterocycles. The van der Waals surface area contributed by atoms with Crippen molar-refractivity contribution in [2.24, 2.45) is 5.14 Å². The summed E-state index contributed by atoms with van der Waals surface area (Å²) in [5, 5.41) is 22.5. The van der Waals surface area contributed by atoms with Crippen molar-refractivity contribution >= 4 is 10.3 Å². The molecule has 0 fully saturated rings. The van der Waals surface area contributed by atoms with E-state index in [9.17, 15) is 8.42 Å². The predicted octanol–water partition coefficient (Wildman–Crippen LogP) is -0.320. The van der Waals surface area contributed by atoms with Gasteiger partial charge in [0.1, 0.15) is 5.75 Å². The average Bonchev–Trinajstić information content (AvgIpc) is 1.94. The fraction of sp³-hybridized carbons (Fsp3) is 0. The molecule has 0 aliphatic rings. The highest BCUT2D eigenvalue weighted by Crippen LogP contribution is 2.29. The fourth-order valence-corrected chi connectivity index (χ4v) is 1.08. The van der Waals surface area contributed by atoms with Crippen LogP contribution < -0.4 is 9.32 Å². The van der Waals surface area contributed by atoms with E-state index in [1.54, 1.807) is 0 Å². The van der Waals surface area contributed by atoms with Crippen molar-refractivity contribution in [2.75, 3.05) is 0 Å². The Kier molecular flexibility index (Phi) is 2.30. The van der Waals surface area contributed by atoms with Gasteiger partial charge in [-0.05, 0) is 12.1 Å². The summed E-state index contributed by atoms with van der Waals surface area (Å²) in [6, 6.07) is 3.18. The van der Waals surface area contributed by atoms with Gasteiger partial charge in [-0.2, -0.15) is 13.6 Å². The van der Waals surface area contributed by atoms with Crippen LogP contribution in [0.2, 0.25) is 0 Å². The molecule has 1 aromatic rings. The minimum atomic E-state index is -4.19. The summed E-state index contributed by atoms with van der Waals surface area (Å²) in [5.41, 5.74) is 0. The van der Waals surface area contributed by atoms with E-state index in [2.05, 4.69) is 9.32 Å². The Bertz CT molecular complexity index is 413. The van der Waals surface area contributed by atoms with Crippen molar-refractivity contribution in [1.82, 2.24) is 0 Å². The van der Waals surface area contributed by atoms with Gasteiger partial charge in [-0.3, -0.25) is 0 Å². The molecule has 0 aliphatic heterocycles. The Morgan fingerprint density at radius 2 is 1.92 bits per heavy atom. The van der Waals surface area contributed by atoms with Crippen LogP contribution in [0.5, 0.6) is 17.2 Å². The second-order valence-electron chi connectivity index (χ2n) is 2.23. The summed E-state index contributed by atoms with van der Waals surface area (Å²) in [6.45, 7) is 0. The van der Waals surface area contributed by atoms with E-state index < -0.39 is 21.8 Å². The quantitative estimate of drug-likeness (QED) is 0.573. The molecule has 7 heteroatoms. The third kappa shape index (κ3) is 2.80.